The molecule has 2 heterocycles. The number of ether oxygens (including phenoxy) is 1. The standard InChI is InChI=1S/C29H35N3O4/c1-19(2)31(6)27(33)24-17-36-25(30-24)18-35-22-13-12-20-14-15-32(28(34)29(3,4)5)26(23(20)16-22)21-10-8-7-9-11-21/h7-13,16-17,19,26H,14-15,18H2,1-6H3. The largest absolute Gasteiger partial charge is 0.484 e. The van der Waals surface area contributed by atoms with Crippen molar-refractivity contribution in [3.63, 3.8) is 0 Å². The van der Waals surface area contributed by atoms with Crippen molar-refractivity contribution in [2.24, 2.45) is 5.41 Å². The first-order chi connectivity index (χ1) is 17.1. The molecule has 0 saturated heterocycles. The number of nitrogens with zero attached hydrogens (tertiary/aromatic N) is 3. The van der Waals surface area contributed by atoms with E-state index in [4.69, 9.17) is 9.15 Å². The summed E-state index contributed by atoms with van der Waals surface area (Å²) in [7, 11) is 1.74. The lowest BCUT2D eigenvalue weighted by Crippen LogP contribution is -2.45. The predicted octanol–water partition coefficient (Wildman–Crippen LogP) is 5.25. The minimum absolute atomic E-state index is 0.0617. The molecule has 0 saturated carbocycles. The van der Waals surface area contributed by atoms with Crippen molar-refractivity contribution < 1.29 is 18.7 Å². The van der Waals surface area contributed by atoms with Gasteiger partial charge >= 0.3 is 0 Å². The molecule has 0 spiro atoms. The second-order valence-electron chi connectivity index (χ2n) is 10.6. The second-order valence-corrected chi connectivity index (χ2v) is 10.6. The van der Waals surface area contributed by atoms with Crippen LogP contribution in [0.3, 0.4) is 0 Å². The summed E-state index contributed by atoms with van der Waals surface area (Å²) >= 11 is 0. The molecule has 4 rings (SSSR count). The fourth-order valence-electron chi connectivity index (χ4n) is 4.36. The molecule has 7 heteroatoms. The highest BCUT2D eigenvalue weighted by atomic mass is 16.5. The molecule has 7 nitrogen and oxygen atoms in total. The maximum Gasteiger partial charge on any atom is 0.275 e. The molecule has 3 aromatic rings. The van der Waals surface area contributed by atoms with Crippen molar-refractivity contribution >= 4 is 11.8 Å². The lowest BCUT2D eigenvalue weighted by molar-refractivity contribution is -0.141. The Morgan fingerprint density at radius 2 is 1.89 bits per heavy atom. The first-order valence-electron chi connectivity index (χ1n) is 12.4. The topological polar surface area (TPSA) is 75.9 Å². The molecule has 1 aliphatic heterocycles. The Labute approximate surface area is 213 Å². The molecule has 1 aliphatic rings. The van der Waals surface area contributed by atoms with Gasteiger partial charge in [-0.2, -0.15) is 0 Å². The normalized spacial score (nSPS) is 15.5. The van der Waals surface area contributed by atoms with E-state index in [-0.39, 0.29) is 36.2 Å². The van der Waals surface area contributed by atoms with Gasteiger partial charge in [-0.15, -0.1) is 0 Å². The van der Waals surface area contributed by atoms with Crippen LogP contribution in [0.25, 0.3) is 0 Å². The average molecular weight is 490 g/mol. The molecule has 0 fully saturated rings. The maximum atomic E-state index is 13.4. The van der Waals surface area contributed by atoms with Gasteiger partial charge in [0, 0.05) is 25.0 Å². The number of carbonyl (C=O) groups excluding carboxylic acids is 2. The first-order valence-corrected chi connectivity index (χ1v) is 12.4. The Bertz CT molecular complexity index is 1230. The van der Waals surface area contributed by atoms with Gasteiger partial charge < -0.3 is 19.0 Å². The molecule has 1 atom stereocenters. The molecule has 0 radical (unpaired) electrons. The number of benzene rings is 2. The van der Waals surface area contributed by atoms with Crippen LogP contribution in [0.4, 0.5) is 0 Å². The first kappa shape index (κ1) is 25.5. The van der Waals surface area contributed by atoms with Crippen LogP contribution in [-0.4, -0.2) is 46.2 Å². The van der Waals surface area contributed by atoms with Gasteiger partial charge in [-0.1, -0.05) is 57.2 Å². The predicted molar refractivity (Wildman–Crippen MR) is 138 cm³/mol. The summed E-state index contributed by atoms with van der Waals surface area (Å²) in [4.78, 5) is 33.8. The summed E-state index contributed by atoms with van der Waals surface area (Å²) in [6.45, 7) is 10.5. The summed E-state index contributed by atoms with van der Waals surface area (Å²) in [5.74, 6) is 0.919. The van der Waals surface area contributed by atoms with E-state index < -0.39 is 5.41 Å². The molecular weight excluding hydrogens is 454 g/mol. The van der Waals surface area contributed by atoms with Gasteiger partial charge in [0.15, 0.2) is 12.3 Å². The van der Waals surface area contributed by atoms with Crippen molar-refractivity contribution in [1.29, 1.82) is 0 Å². The summed E-state index contributed by atoms with van der Waals surface area (Å²) < 4.78 is 11.5. The van der Waals surface area contributed by atoms with Crippen molar-refractivity contribution in [1.82, 2.24) is 14.8 Å². The Hall–Kier alpha value is -3.61. The fraction of sp³-hybridized carbons (Fsp3) is 0.414. The summed E-state index contributed by atoms with van der Waals surface area (Å²) in [5.41, 5.74) is 3.11. The molecule has 2 amide bonds. The van der Waals surface area contributed by atoms with E-state index in [9.17, 15) is 9.59 Å². The number of hydrogen-bond donors (Lipinski definition) is 0. The molecule has 36 heavy (non-hydrogen) atoms. The number of aromatic nitrogens is 1. The van der Waals surface area contributed by atoms with Crippen LogP contribution < -0.4 is 4.74 Å². The molecule has 0 bridgehead atoms. The zero-order chi connectivity index (χ0) is 26.0. The molecule has 0 N–H and O–H groups in total. The van der Waals surface area contributed by atoms with E-state index >= 15 is 0 Å². The van der Waals surface area contributed by atoms with E-state index in [0.29, 0.717) is 18.2 Å². The molecule has 1 aromatic heterocycles. The number of amides is 2. The van der Waals surface area contributed by atoms with Crippen molar-refractivity contribution in [3.8, 4) is 5.75 Å². The summed E-state index contributed by atoms with van der Waals surface area (Å²) in [6.07, 6.45) is 2.16. The third kappa shape index (κ3) is 5.30. The Balaban J connectivity index is 1.58. The highest BCUT2D eigenvalue weighted by Crippen LogP contribution is 2.39. The quantitative estimate of drug-likeness (QED) is 0.472. The van der Waals surface area contributed by atoms with E-state index in [1.165, 1.54) is 11.8 Å². The van der Waals surface area contributed by atoms with Crippen LogP contribution in [0.15, 0.2) is 59.2 Å². The van der Waals surface area contributed by atoms with E-state index in [1.54, 1.807) is 11.9 Å². The summed E-state index contributed by atoms with van der Waals surface area (Å²) in [6, 6.07) is 16.0. The molecule has 2 aromatic carbocycles. The van der Waals surface area contributed by atoms with Crippen LogP contribution in [-0.2, 0) is 17.8 Å². The Morgan fingerprint density at radius 3 is 2.56 bits per heavy atom. The van der Waals surface area contributed by atoms with Gasteiger partial charge in [0.2, 0.25) is 11.8 Å². The van der Waals surface area contributed by atoms with Crippen LogP contribution in [0.5, 0.6) is 5.75 Å². The van der Waals surface area contributed by atoms with Crippen LogP contribution in [0, 0.1) is 5.41 Å². The van der Waals surface area contributed by atoms with E-state index in [1.807, 2.05) is 69.9 Å². The third-order valence-corrected chi connectivity index (χ3v) is 6.59. The Morgan fingerprint density at radius 1 is 1.17 bits per heavy atom. The van der Waals surface area contributed by atoms with Crippen molar-refractivity contribution in [3.05, 3.63) is 83.1 Å². The maximum absolute atomic E-state index is 13.4. The molecule has 190 valence electrons. The molecule has 1 unspecified atom stereocenters. The third-order valence-electron chi connectivity index (χ3n) is 6.59. The van der Waals surface area contributed by atoms with Gasteiger partial charge in [0.1, 0.15) is 12.0 Å². The minimum Gasteiger partial charge on any atom is -0.484 e. The lowest BCUT2D eigenvalue weighted by Gasteiger charge is -2.41. The zero-order valence-electron chi connectivity index (χ0n) is 21.9. The second kappa shape index (κ2) is 10.2. The molecule has 0 aliphatic carbocycles. The lowest BCUT2D eigenvalue weighted by atomic mass is 9.85. The highest BCUT2D eigenvalue weighted by molar-refractivity contribution is 5.92. The van der Waals surface area contributed by atoms with Crippen LogP contribution in [0.2, 0.25) is 0 Å². The van der Waals surface area contributed by atoms with Gasteiger partial charge in [-0.25, -0.2) is 4.98 Å². The Kier molecular flexibility index (Phi) is 7.20. The van der Waals surface area contributed by atoms with Crippen molar-refractivity contribution in [2.45, 2.75) is 59.7 Å². The van der Waals surface area contributed by atoms with Gasteiger partial charge in [-0.05, 0) is 49.1 Å². The van der Waals surface area contributed by atoms with E-state index in [2.05, 4.69) is 23.2 Å². The zero-order valence-corrected chi connectivity index (χ0v) is 21.9. The number of fused-ring (bicyclic) bond motifs is 1. The van der Waals surface area contributed by atoms with Gasteiger partial charge in [0.05, 0.1) is 6.04 Å². The fourth-order valence-corrected chi connectivity index (χ4v) is 4.36. The number of carbonyl (C=O) groups is 2. The van der Waals surface area contributed by atoms with Gasteiger partial charge in [0.25, 0.3) is 5.91 Å². The monoisotopic (exact) mass is 489 g/mol. The number of hydrogen-bond acceptors (Lipinski definition) is 5. The van der Waals surface area contributed by atoms with Crippen molar-refractivity contribution in [2.75, 3.05) is 13.6 Å². The van der Waals surface area contributed by atoms with Crippen LogP contribution in [0.1, 0.15) is 73.7 Å². The van der Waals surface area contributed by atoms with E-state index in [0.717, 1.165) is 17.5 Å². The minimum atomic E-state index is -0.484. The van der Waals surface area contributed by atoms with Gasteiger partial charge in [-0.3, -0.25) is 9.59 Å². The smallest absolute Gasteiger partial charge is 0.275 e. The SMILES string of the molecule is CC(C)N(C)C(=O)c1coc(COc2ccc3c(c2)C(c2ccccc2)N(C(=O)C(C)(C)C)CC3)n1. The number of rotatable bonds is 6. The number of oxazole rings is 1. The highest BCUT2D eigenvalue weighted by Gasteiger charge is 2.37. The summed E-state index contributed by atoms with van der Waals surface area (Å²) in [5, 5.41) is 0. The molecular formula is C29H35N3O4. The van der Waals surface area contributed by atoms with Crippen LogP contribution >= 0.6 is 0 Å². The average Bonchev–Trinajstić information content (AvgIpc) is 3.34.